The van der Waals surface area contributed by atoms with Crippen molar-refractivity contribution in [3.05, 3.63) is 90.1 Å². The largest absolute Gasteiger partial charge is 0.474 e. The fourth-order valence-corrected chi connectivity index (χ4v) is 5.18. The molecule has 4 aromatic rings. The van der Waals surface area contributed by atoms with Crippen LogP contribution in [-0.4, -0.2) is 79.1 Å². The highest BCUT2D eigenvalue weighted by Crippen LogP contribution is 2.27. The topological polar surface area (TPSA) is 116 Å². The number of carbonyl (C=O) groups is 1. The van der Waals surface area contributed by atoms with Gasteiger partial charge in [0.1, 0.15) is 18.3 Å². The van der Waals surface area contributed by atoms with Crippen molar-refractivity contribution in [1.29, 1.82) is 0 Å². The Balaban J connectivity index is 1.19. The molecule has 1 fully saturated rings. The minimum Gasteiger partial charge on any atom is -0.474 e. The van der Waals surface area contributed by atoms with E-state index in [1.165, 1.54) is 6.20 Å². The molecule has 1 aliphatic heterocycles. The van der Waals surface area contributed by atoms with E-state index in [4.69, 9.17) is 9.47 Å². The Morgan fingerprint density at radius 2 is 1.94 bits per heavy atom. The summed E-state index contributed by atoms with van der Waals surface area (Å²) in [5, 5.41) is 6.78. The molecule has 246 valence electrons. The Morgan fingerprint density at radius 1 is 1.13 bits per heavy atom. The highest BCUT2D eigenvalue weighted by molar-refractivity contribution is 6.12. The van der Waals surface area contributed by atoms with Gasteiger partial charge in [-0.1, -0.05) is 30.3 Å². The van der Waals surface area contributed by atoms with Gasteiger partial charge in [0.05, 0.1) is 25.1 Å². The van der Waals surface area contributed by atoms with Gasteiger partial charge in [-0.05, 0) is 62.0 Å². The molecule has 0 bridgehead atoms. The number of allylic oxidation sites excluding steroid dienone is 1. The molecule has 1 saturated heterocycles. The summed E-state index contributed by atoms with van der Waals surface area (Å²) in [5.41, 5.74) is 3.66. The number of nitrogens with one attached hydrogen (secondary N) is 3. The Kier molecular flexibility index (Phi) is 11.4. The molecule has 0 spiro atoms. The second-order valence-corrected chi connectivity index (χ2v) is 11.1. The van der Waals surface area contributed by atoms with E-state index in [0.717, 1.165) is 47.9 Å². The van der Waals surface area contributed by atoms with Gasteiger partial charge in [-0.3, -0.25) is 19.7 Å². The van der Waals surface area contributed by atoms with Gasteiger partial charge in [-0.2, -0.15) is 0 Å². The Labute approximate surface area is 272 Å². The smallest absolute Gasteiger partial charge is 0.266 e. The quantitative estimate of drug-likeness (QED) is 0.0618. The van der Waals surface area contributed by atoms with Crippen LogP contribution in [0, 0.1) is 0 Å². The monoisotopic (exact) mass is 643 g/mol. The van der Waals surface area contributed by atoms with Gasteiger partial charge in [0.2, 0.25) is 5.91 Å². The Morgan fingerprint density at radius 3 is 2.70 bits per heavy atom. The van der Waals surface area contributed by atoms with Gasteiger partial charge in [-0.15, -0.1) is 0 Å². The summed E-state index contributed by atoms with van der Waals surface area (Å²) >= 11 is 0. The lowest BCUT2D eigenvalue weighted by Gasteiger charge is -2.26. The standard InChI is InChI=1S/C35H39F2N7O3/c1-38-30-23-40-31(43-32(45)12-14-35(36,37)13-6-7-15-44-16-18-46-19-17-44)22-28(30)34(39-2)41-27-10-11-29-26(20-27)21-33(42-29)47-24-25-8-4-3-5-9-25/h3-5,8-12,14,20-23,42H,1,6-7,13,15-19,24H2,2H3,(H,39,41)(H,40,43,45)/b14-12+. The van der Waals surface area contributed by atoms with Crippen molar-refractivity contribution in [3.63, 3.8) is 0 Å². The Hall–Kier alpha value is -4.94. The molecule has 1 amide bonds. The summed E-state index contributed by atoms with van der Waals surface area (Å²) in [6.07, 6.45) is 3.60. The van der Waals surface area contributed by atoms with Crippen LogP contribution in [0.3, 0.4) is 0 Å². The fourth-order valence-electron chi connectivity index (χ4n) is 5.18. The number of aromatic nitrogens is 2. The average molecular weight is 644 g/mol. The number of aromatic amines is 1. The number of morpholine rings is 1. The van der Waals surface area contributed by atoms with Crippen LogP contribution in [-0.2, 0) is 16.1 Å². The van der Waals surface area contributed by atoms with Crippen molar-refractivity contribution in [2.75, 3.05) is 50.5 Å². The number of halogens is 2. The molecule has 12 heteroatoms. The highest BCUT2D eigenvalue weighted by atomic mass is 19.3. The molecule has 0 unspecified atom stereocenters. The minimum atomic E-state index is -3.10. The van der Waals surface area contributed by atoms with Crippen molar-refractivity contribution in [2.24, 2.45) is 9.98 Å². The zero-order valence-corrected chi connectivity index (χ0v) is 26.3. The van der Waals surface area contributed by atoms with Crippen molar-refractivity contribution in [2.45, 2.75) is 31.8 Å². The molecule has 3 N–H and O–H groups in total. The summed E-state index contributed by atoms with van der Waals surface area (Å²) in [6, 6.07) is 19.2. The zero-order valence-electron chi connectivity index (χ0n) is 26.3. The average Bonchev–Trinajstić information content (AvgIpc) is 3.50. The van der Waals surface area contributed by atoms with Gasteiger partial charge in [-0.25, -0.2) is 13.8 Å². The SMILES string of the molecule is C=Nc1cnc(NC(=O)/C=C/C(F)(F)CCCCN2CCOCC2)cc1/C(=N\C)Nc1ccc2[nH]c(OCc3ccccc3)cc2c1. The molecule has 10 nitrogen and oxygen atoms in total. The number of unbranched alkanes of at least 4 members (excludes halogenated alkanes) is 1. The number of carbonyl (C=O) groups excluding carboxylic acids is 1. The first-order chi connectivity index (χ1) is 22.8. The van der Waals surface area contributed by atoms with Gasteiger partial charge in [0.15, 0.2) is 5.88 Å². The van der Waals surface area contributed by atoms with Crippen LogP contribution in [0.4, 0.5) is 26.0 Å². The molecular formula is C35H39F2N7O3. The van der Waals surface area contributed by atoms with Crippen LogP contribution in [0.15, 0.2) is 89.0 Å². The van der Waals surface area contributed by atoms with Gasteiger partial charge in [0.25, 0.3) is 5.92 Å². The number of amides is 1. The number of nitrogens with zero attached hydrogens (tertiary/aromatic N) is 4. The lowest BCUT2D eigenvalue weighted by molar-refractivity contribution is -0.112. The maximum Gasteiger partial charge on any atom is 0.266 e. The fraction of sp³-hybridized carbons (Fsp3) is 0.314. The van der Waals surface area contributed by atoms with E-state index in [2.05, 4.69) is 42.2 Å². The number of ether oxygens (including phenoxy) is 2. The number of fused-ring (bicyclic) bond motifs is 1. The van der Waals surface area contributed by atoms with Crippen molar-refractivity contribution in [1.82, 2.24) is 14.9 Å². The molecule has 2 aromatic carbocycles. The number of pyridine rings is 1. The summed E-state index contributed by atoms with van der Waals surface area (Å²) in [4.78, 5) is 30.7. The van der Waals surface area contributed by atoms with Crippen LogP contribution in [0.2, 0.25) is 0 Å². The molecule has 0 aliphatic carbocycles. The van der Waals surface area contributed by atoms with E-state index >= 15 is 0 Å². The summed E-state index contributed by atoms with van der Waals surface area (Å²) in [7, 11) is 1.62. The third kappa shape index (κ3) is 9.77. The maximum absolute atomic E-state index is 14.4. The van der Waals surface area contributed by atoms with Crippen LogP contribution in [0.5, 0.6) is 5.88 Å². The van der Waals surface area contributed by atoms with Crippen LogP contribution in [0.25, 0.3) is 10.9 Å². The summed E-state index contributed by atoms with van der Waals surface area (Å²) in [5.74, 6) is -2.57. The van der Waals surface area contributed by atoms with E-state index in [1.54, 1.807) is 13.1 Å². The number of aliphatic imine (C=N–C) groups is 2. The van der Waals surface area contributed by atoms with Crippen molar-refractivity contribution in [3.8, 4) is 5.88 Å². The molecule has 0 radical (unpaired) electrons. The molecule has 5 rings (SSSR count). The number of alkyl halides is 2. The normalized spacial score (nSPS) is 14.4. The predicted octanol–water partition coefficient (Wildman–Crippen LogP) is 6.60. The van der Waals surface area contributed by atoms with E-state index in [0.29, 0.717) is 61.7 Å². The van der Waals surface area contributed by atoms with E-state index in [1.807, 2.05) is 54.6 Å². The molecule has 47 heavy (non-hydrogen) atoms. The van der Waals surface area contributed by atoms with Crippen LogP contribution in [0.1, 0.15) is 30.4 Å². The lowest BCUT2D eigenvalue weighted by atomic mass is 10.1. The number of H-pyrrole nitrogens is 1. The number of anilines is 2. The summed E-state index contributed by atoms with van der Waals surface area (Å²) in [6.45, 7) is 7.83. The number of rotatable bonds is 14. The molecule has 0 saturated carbocycles. The number of benzene rings is 2. The first-order valence-electron chi connectivity index (χ1n) is 15.5. The third-order valence-corrected chi connectivity index (χ3v) is 7.70. The first-order valence-corrected chi connectivity index (χ1v) is 15.5. The second kappa shape index (κ2) is 16.1. The summed E-state index contributed by atoms with van der Waals surface area (Å²) < 4.78 is 40.1. The molecule has 1 aliphatic rings. The first kappa shape index (κ1) is 33.4. The number of hydrogen-bond donors (Lipinski definition) is 3. The minimum absolute atomic E-state index is 0.153. The maximum atomic E-state index is 14.4. The van der Waals surface area contributed by atoms with Crippen LogP contribution < -0.4 is 15.4 Å². The van der Waals surface area contributed by atoms with Gasteiger partial charge < -0.3 is 25.1 Å². The molecule has 2 aromatic heterocycles. The molecule has 0 atom stereocenters. The highest BCUT2D eigenvalue weighted by Gasteiger charge is 2.25. The number of hydrogen-bond acceptors (Lipinski definition) is 7. The second-order valence-electron chi connectivity index (χ2n) is 11.1. The lowest BCUT2D eigenvalue weighted by Crippen LogP contribution is -2.36. The Bertz CT molecular complexity index is 1720. The van der Waals surface area contributed by atoms with Gasteiger partial charge in [0, 0.05) is 60.9 Å². The predicted molar refractivity (Wildman–Crippen MR) is 182 cm³/mol. The van der Waals surface area contributed by atoms with Gasteiger partial charge >= 0.3 is 0 Å². The molecular weight excluding hydrogens is 604 g/mol. The van der Waals surface area contributed by atoms with Crippen molar-refractivity contribution >= 4 is 46.6 Å². The van der Waals surface area contributed by atoms with E-state index < -0.39 is 11.8 Å². The van der Waals surface area contributed by atoms with Crippen LogP contribution >= 0.6 is 0 Å². The molecule has 3 heterocycles. The number of amidine groups is 1. The third-order valence-electron chi connectivity index (χ3n) is 7.70. The van der Waals surface area contributed by atoms with E-state index in [-0.39, 0.29) is 12.2 Å². The zero-order chi connectivity index (χ0) is 33.1. The van der Waals surface area contributed by atoms with Crippen molar-refractivity contribution < 1.29 is 23.0 Å². The van der Waals surface area contributed by atoms with E-state index in [9.17, 15) is 13.6 Å².